The topological polar surface area (TPSA) is 91.3 Å². The molecule has 2 aromatic carbocycles. The Morgan fingerprint density at radius 2 is 1.84 bits per heavy atom. The number of aromatic nitrogens is 1. The minimum Gasteiger partial charge on any atom is -0.497 e. The molecule has 126 valence electrons. The number of nitrogens with one attached hydrogen (secondary N) is 2. The molecular weight excluding hydrogens is 322 g/mol. The van der Waals surface area contributed by atoms with Crippen LogP contribution in [-0.4, -0.2) is 35.6 Å². The molecule has 2 N–H and O–H groups in total. The second kappa shape index (κ2) is 6.56. The lowest BCUT2D eigenvalue weighted by Crippen LogP contribution is -2.22. The third-order valence-electron chi connectivity index (χ3n) is 3.83. The van der Waals surface area contributed by atoms with Gasteiger partial charge in [-0.3, -0.25) is 9.59 Å². The number of ketones is 1. The van der Waals surface area contributed by atoms with Gasteiger partial charge in [0.15, 0.2) is 7.05 Å². The van der Waals surface area contributed by atoms with Crippen molar-refractivity contribution < 1.29 is 19.1 Å². The SMILES string of the molecule is COc1ccc(NC(=O)C(=O)c2c[nH]c3cc([N+](C)=O)ccc23)cc1. The first-order valence-corrected chi connectivity index (χ1v) is 7.51. The van der Waals surface area contributed by atoms with Gasteiger partial charge in [0.2, 0.25) is 0 Å². The molecule has 0 fully saturated rings. The number of nitrogens with zero attached hydrogens (tertiary/aromatic N) is 1. The molecular formula is C18H16N3O4+. The monoisotopic (exact) mass is 338 g/mol. The third-order valence-corrected chi connectivity index (χ3v) is 3.83. The predicted octanol–water partition coefficient (Wildman–Crippen LogP) is 3.04. The molecule has 0 atom stereocenters. The fourth-order valence-electron chi connectivity index (χ4n) is 2.48. The van der Waals surface area contributed by atoms with E-state index in [0.29, 0.717) is 28.0 Å². The second-order valence-corrected chi connectivity index (χ2v) is 5.44. The summed E-state index contributed by atoms with van der Waals surface area (Å²) in [5.41, 5.74) is 1.81. The van der Waals surface area contributed by atoms with Crippen LogP contribution in [0.25, 0.3) is 10.9 Å². The molecule has 3 aromatic rings. The van der Waals surface area contributed by atoms with Gasteiger partial charge in [0.25, 0.3) is 17.4 Å². The summed E-state index contributed by atoms with van der Waals surface area (Å²) in [7, 11) is 2.93. The summed E-state index contributed by atoms with van der Waals surface area (Å²) in [5, 5.41) is 3.14. The highest BCUT2D eigenvalue weighted by Crippen LogP contribution is 2.24. The van der Waals surface area contributed by atoms with E-state index in [4.69, 9.17) is 4.74 Å². The van der Waals surface area contributed by atoms with E-state index >= 15 is 0 Å². The molecule has 0 radical (unpaired) electrons. The van der Waals surface area contributed by atoms with E-state index in [2.05, 4.69) is 10.3 Å². The van der Waals surface area contributed by atoms with Crippen LogP contribution in [0, 0.1) is 4.91 Å². The van der Waals surface area contributed by atoms with Crippen molar-refractivity contribution in [1.82, 2.24) is 4.98 Å². The smallest absolute Gasteiger partial charge is 0.296 e. The average molecular weight is 338 g/mol. The number of carbonyl (C=O) groups is 2. The number of carbonyl (C=O) groups excluding carboxylic acids is 2. The van der Waals surface area contributed by atoms with Crippen LogP contribution in [0.1, 0.15) is 10.4 Å². The number of anilines is 1. The van der Waals surface area contributed by atoms with Crippen molar-refractivity contribution in [2.24, 2.45) is 0 Å². The Labute approximate surface area is 143 Å². The Hall–Kier alpha value is -3.48. The molecule has 0 bridgehead atoms. The number of H-pyrrole nitrogens is 1. The number of hydrogen-bond donors (Lipinski definition) is 2. The van der Waals surface area contributed by atoms with Gasteiger partial charge in [-0.25, -0.2) is 0 Å². The van der Waals surface area contributed by atoms with Crippen molar-refractivity contribution >= 4 is 34.0 Å². The molecule has 0 unspecified atom stereocenters. The minimum absolute atomic E-state index is 0.251. The highest BCUT2D eigenvalue weighted by molar-refractivity contribution is 6.48. The summed E-state index contributed by atoms with van der Waals surface area (Å²) in [5.74, 6) is -0.749. The van der Waals surface area contributed by atoms with Crippen molar-refractivity contribution in [3.63, 3.8) is 0 Å². The number of aromatic amines is 1. The Kier molecular flexibility index (Phi) is 4.30. The van der Waals surface area contributed by atoms with Crippen molar-refractivity contribution in [2.45, 2.75) is 0 Å². The van der Waals surface area contributed by atoms with Crippen molar-refractivity contribution in [3.8, 4) is 5.75 Å². The van der Waals surface area contributed by atoms with E-state index < -0.39 is 11.7 Å². The van der Waals surface area contributed by atoms with Crippen LogP contribution in [0.5, 0.6) is 5.75 Å². The number of Topliss-reactive ketones (excluding diaryl/α,β-unsaturated/α-hetero) is 1. The zero-order valence-corrected chi connectivity index (χ0v) is 13.7. The van der Waals surface area contributed by atoms with Gasteiger partial charge < -0.3 is 15.0 Å². The van der Waals surface area contributed by atoms with Crippen LogP contribution < -0.4 is 10.1 Å². The van der Waals surface area contributed by atoms with Gasteiger partial charge >= 0.3 is 0 Å². The van der Waals surface area contributed by atoms with Crippen molar-refractivity contribution in [3.05, 3.63) is 59.1 Å². The van der Waals surface area contributed by atoms with Gasteiger partial charge in [-0.1, -0.05) is 0 Å². The van der Waals surface area contributed by atoms with Crippen molar-refractivity contribution in [2.75, 3.05) is 19.5 Å². The van der Waals surface area contributed by atoms with Gasteiger partial charge in [-0.15, -0.1) is 0 Å². The molecule has 1 heterocycles. The number of rotatable bonds is 5. The predicted molar refractivity (Wildman–Crippen MR) is 93.5 cm³/mol. The number of amides is 1. The lowest BCUT2D eigenvalue weighted by Gasteiger charge is -2.05. The van der Waals surface area contributed by atoms with E-state index in [9.17, 15) is 14.5 Å². The van der Waals surface area contributed by atoms with Crippen LogP contribution in [-0.2, 0) is 4.79 Å². The van der Waals surface area contributed by atoms with Crippen LogP contribution in [0.15, 0.2) is 48.7 Å². The first-order valence-electron chi connectivity index (χ1n) is 7.51. The Bertz CT molecular complexity index is 974. The number of nitroso groups, excluding NO2 is 1. The molecule has 7 heteroatoms. The average Bonchev–Trinajstić information content (AvgIpc) is 3.04. The highest BCUT2D eigenvalue weighted by atomic mass is 16.5. The van der Waals surface area contributed by atoms with Gasteiger partial charge in [0, 0.05) is 39.1 Å². The molecule has 0 spiro atoms. The normalized spacial score (nSPS) is 10.5. The Balaban J connectivity index is 1.83. The van der Waals surface area contributed by atoms with Gasteiger partial charge in [0.05, 0.1) is 18.2 Å². The summed E-state index contributed by atoms with van der Waals surface area (Å²) in [4.78, 5) is 38.9. The standard InChI is InChI=1S/C18H15N3O4/c1-21(24)12-5-8-14-15(10-19-16(14)9-12)17(22)18(23)20-11-3-6-13(25-2)7-4-11/h3-10H,1-2H3,(H-,19,20,22,23,24)/p+1. The van der Waals surface area contributed by atoms with Gasteiger partial charge in [-0.05, 0) is 30.3 Å². The maximum absolute atomic E-state index is 12.4. The number of methoxy groups -OCH3 is 1. The number of ether oxygens (including phenoxy) is 1. The summed E-state index contributed by atoms with van der Waals surface area (Å²) in [6, 6.07) is 11.5. The molecule has 0 aliphatic carbocycles. The maximum Gasteiger partial charge on any atom is 0.296 e. The fourth-order valence-corrected chi connectivity index (χ4v) is 2.48. The first kappa shape index (κ1) is 16.4. The van der Waals surface area contributed by atoms with E-state index in [-0.39, 0.29) is 5.56 Å². The quantitative estimate of drug-likeness (QED) is 0.425. The summed E-state index contributed by atoms with van der Waals surface area (Å²) in [6.07, 6.45) is 1.47. The molecule has 0 aliphatic rings. The second-order valence-electron chi connectivity index (χ2n) is 5.44. The lowest BCUT2D eigenvalue weighted by atomic mass is 10.1. The lowest BCUT2D eigenvalue weighted by molar-refractivity contribution is -0.428. The summed E-state index contributed by atoms with van der Waals surface area (Å²) in [6.45, 7) is 0. The first-order chi connectivity index (χ1) is 12.0. The molecule has 0 aliphatic heterocycles. The van der Waals surface area contributed by atoms with Gasteiger partial charge in [-0.2, -0.15) is 0 Å². The van der Waals surface area contributed by atoms with E-state index in [1.807, 2.05) is 0 Å². The molecule has 7 nitrogen and oxygen atoms in total. The van der Waals surface area contributed by atoms with E-state index in [0.717, 1.165) is 4.76 Å². The van der Waals surface area contributed by atoms with Crippen LogP contribution in [0.2, 0.25) is 0 Å². The van der Waals surface area contributed by atoms with Crippen LogP contribution in [0.4, 0.5) is 11.4 Å². The third kappa shape index (κ3) is 3.25. The highest BCUT2D eigenvalue weighted by Gasteiger charge is 2.21. The summed E-state index contributed by atoms with van der Waals surface area (Å²) >= 11 is 0. The molecule has 0 saturated heterocycles. The fraction of sp³-hybridized carbons (Fsp3) is 0.111. The number of hydrogen-bond acceptors (Lipinski definition) is 4. The largest absolute Gasteiger partial charge is 0.497 e. The molecule has 25 heavy (non-hydrogen) atoms. The van der Waals surface area contributed by atoms with Crippen LogP contribution >= 0.6 is 0 Å². The Morgan fingerprint density at radius 3 is 2.48 bits per heavy atom. The van der Waals surface area contributed by atoms with Crippen LogP contribution in [0.3, 0.4) is 0 Å². The molecule has 1 aromatic heterocycles. The van der Waals surface area contributed by atoms with E-state index in [1.165, 1.54) is 13.2 Å². The van der Waals surface area contributed by atoms with E-state index in [1.54, 1.807) is 49.6 Å². The van der Waals surface area contributed by atoms with Crippen molar-refractivity contribution in [1.29, 1.82) is 0 Å². The number of benzene rings is 2. The zero-order valence-electron chi connectivity index (χ0n) is 13.7. The molecule has 0 saturated carbocycles. The molecule has 3 rings (SSSR count). The maximum atomic E-state index is 12.4. The Morgan fingerprint density at radius 1 is 1.12 bits per heavy atom. The molecule has 1 amide bonds. The minimum atomic E-state index is -0.740. The zero-order chi connectivity index (χ0) is 18.0. The number of fused-ring (bicyclic) bond motifs is 1. The van der Waals surface area contributed by atoms with Gasteiger partial charge in [0.1, 0.15) is 5.75 Å². The summed E-state index contributed by atoms with van der Waals surface area (Å²) < 4.78 is 5.77.